The van der Waals surface area contributed by atoms with E-state index < -0.39 is 15.9 Å². The van der Waals surface area contributed by atoms with Gasteiger partial charge in [-0.2, -0.15) is 4.31 Å². The van der Waals surface area contributed by atoms with Gasteiger partial charge in [-0.1, -0.05) is 50.5 Å². The van der Waals surface area contributed by atoms with Gasteiger partial charge in [0.15, 0.2) is 0 Å². The highest BCUT2D eigenvalue weighted by atomic mass is 32.2. The van der Waals surface area contributed by atoms with Gasteiger partial charge in [-0.3, -0.25) is 10.1 Å². The summed E-state index contributed by atoms with van der Waals surface area (Å²) < 4.78 is 33.3. The van der Waals surface area contributed by atoms with Crippen molar-refractivity contribution in [3.05, 3.63) is 59.7 Å². The zero-order chi connectivity index (χ0) is 24.2. The average Bonchev–Trinajstić information content (AvgIpc) is 3.21. The first-order valence-corrected chi connectivity index (χ1v) is 12.3. The van der Waals surface area contributed by atoms with Crippen molar-refractivity contribution in [3.8, 4) is 11.5 Å². The molecule has 8 nitrogen and oxygen atoms in total. The molecule has 0 saturated heterocycles. The van der Waals surface area contributed by atoms with Crippen molar-refractivity contribution in [3.63, 3.8) is 0 Å². The molecule has 0 aliphatic rings. The molecule has 1 N–H and O–H groups in total. The van der Waals surface area contributed by atoms with E-state index in [1.165, 1.54) is 28.6 Å². The molecule has 0 aliphatic heterocycles. The highest BCUT2D eigenvalue weighted by Crippen LogP contribution is 2.22. The Morgan fingerprint density at radius 2 is 1.64 bits per heavy atom. The van der Waals surface area contributed by atoms with E-state index in [1.54, 1.807) is 0 Å². The Kier molecular flexibility index (Phi) is 7.65. The van der Waals surface area contributed by atoms with Crippen molar-refractivity contribution in [2.75, 3.05) is 18.4 Å². The van der Waals surface area contributed by atoms with E-state index in [1.807, 2.05) is 58.9 Å². The fourth-order valence-electron chi connectivity index (χ4n) is 3.35. The maximum absolute atomic E-state index is 13.1. The molecule has 0 saturated carbocycles. The topological polar surface area (TPSA) is 105 Å². The third kappa shape index (κ3) is 6.27. The number of aryl methyl sites for hydroxylation is 1. The van der Waals surface area contributed by atoms with Crippen LogP contribution in [0.1, 0.15) is 43.6 Å². The third-order valence-corrected chi connectivity index (χ3v) is 6.65. The van der Waals surface area contributed by atoms with Crippen LogP contribution in [0.3, 0.4) is 0 Å². The molecule has 0 bridgehead atoms. The van der Waals surface area contributed by atoms with Gasteiger partial charge in [0.05, 0.1) is 4.90 Å². The summed E-state index contributed by atoms with van der Waals surface area (Å²) in [6.45, 7) is 10.8. The molecule has 0 radical (unpaired) electrons. The molecule has 0 spiro atoms. The van der Waals surface area contributed by atoms with Crippen molar-refractivity contribution in [2.24, 2.45) is 11.8 Å². The number of rotatable bonds is 9. The first-order valence-electron chi connectivity index (χ1n) is 10.9. The van der Waals surface area contributed by atoms with Crippen LogP contribution in [-0.2, 0) is 10.0 Å². The van der Waals surface area contributed by atoms with Crippen LogP contribution in [0, 0.1) is 18.8 Å². The third-order valence-electron chi connectivity index (χ3n) is 4.80. The summed E-state index contributed by atoms with van der Waals surface area (Å²) in [6.07, 6.45) is 0. The summed E-state index contributed by atoms with van der Waals surface area (Å²) in [6, 6.07) is 13.4. The Morgan fingerprint density at radius 1 is 1.00 bits per heavy atom. The summed E-state index contributed by atoms with van der Waals surface area (Å²) >= 11 is 0. The standard InChI is InChI=1S/C24H30N4O4S/c1-16(2)14-28(15-17(3)4)33(30,31)21-11-9-19(10-12-21)22(29)25-24-27-26-23(32-24)20-8-6-7-18(5)13-20/h6-13,16-17H,14-15H2,1-5H3,(H,25,27,29). The normalized spacial score (nSPS) is 12.0. The average molecular weight is 471 g/mol. The highest BCUT2D eigenvalue weighted by molar-refractivity contribution is 7.89. The van der Waals surface area contributed by atoms with Gasteiger partial charge in [0.25, 0.3) is 5.91 Å². The lowest BCUT2D eigenvalue weighted by Crippen LogP contribution is -2.37. The fraction of sp³-hybridized carbons (Fsp3) is 0.375. The van der Waals surface area contributed by atoms with E-state index in [4.69, 9.17) is 4.42 Å². The zero-order valence-corrected chi connectivity index (χ0v) is 20.4. The molecular formula is C24H30N4O4S. The second-order valence-corrected chi connectivity index (χ2v) is 10.8. The molecule has 0 aliphatic carbocycles. The van der Waals surface area contributed by atoms with E-state index in [0.717, 1.165) is 11.1 Å². The molecule has 3 rings (SSSR count). The zero-order valence-electron chi connectivity index (χ0n) is 19.6. The number of hydrogen-bond donors (Lipinski definition) is 1. The molecule has 1 aromatic heterocycles. The van der Waals surface area contributed by atoms with Gasteiger partial charge < -0.3 is 4.42 Å². The van der Waals surface area contributed by atoms with Crippen LogP contribution in [0.15, 0.2) is 57.8 Å². The van der Waals surface area contributed by atoms with Crippen LogP contribution < -0.4 is 5.32 Å². The minimum Gasteiger partial charge on any atom is -0.403 e. The Hall–Kier alpha value is -3.04. The number of nitrogens with one attached hydrogen (secondary N) is 1. The van der Waals surface area contributed by atoms with Crippen LogP contribution in [0.2, 0.25) is 0 Å². The smallest absolute Gasteiger partial charge is 0.322 e. The lowest BCUT2D eigenvalue weighted by atomic mass is 10.1. The monoisotopic (exact) mass is 470 g/mol. The lowest BCUT2D eigenvalue weighted by molar-refractivity contribution is 0.102. The maximum Gasteiger partial charge on any atom is 0.322 e. The number of carbonyl (C=O) groups is 1. The number of amides is 1. The van der Waals surface area contributed by atoms with Crippen LogP contribution in [0.25, 0.3) is 11.5 Å². The van der Waals surface area contributed by atoms with Gasteiger partial charge in [0.1, 0.15) is 0 Å². The molecule has 0 unspecified atom stereocenters. The largest absolute Gasteiger partial charge is 0.403 e. The van der Waals surface area contributed by atoms with Crippen LogP contribution in [0.4, 0.5) is 6.01 Å². The summed E-state index contributed by atoms with van der Waals surface area (Å²) in [5.41, 5.74) is 2.08. The number of nitrogens with zero attached hydrogens (tertiary/aromatic N) is 3. The number of aromatic nitrogens is 2. The van der Waals surface area contributed by atoms with Crippen molar-refractivity contribution in [1.82, 2.24) is 14.5 Å². The molecular weight excluding hydrogens is 440 g/mol. The van der Waals surface area contributed by atoms with E-state index in [9.17, 15) is 13.2 Å². The lowest BCUT2D eigenvalue weighted by Gasteiger charge is -2.25. The number of sulfonamides is 1. The molecule has 1 amide bonds. The molecule has 0 atom stereocenters. The number of benzene rings is 2. The van der Waals surface area contributed by atoms with Crippen molar-refractivity contribution in [2.45, 2.75) is 39.5 Å². The van der Waals surface area contributed by atoms with E-state index in [2.05, 4.69) is 15.5 Å². The molecule has 9 heteroatoms. The summed E-state index contributed by atoms with van der Waals surface area (Å²) in [5.74, 6) is 0.218. The van der Waals surface area contributed by atoms with Crippen molar-refractivity contribution >= 4 is 21.9 Å². The Morgan fingerprint density at radius 3 is 2.21 bits per heavy atom. The van der Waals surface area contributed by atoms with E-state index in [0.29, 0.717) is 19.0 Å². The summed E-state index contributed by atoms with van der Waals surface area (Å²) in [7, 11) is -3.66. The summed E-state index contributed by atoms with van der Waals surface area (Å²) in [5, 5.41) is 10.4. The molecule has 176 valence electrons. The number of carbonyl (C=O) groups excluding carboxylic acids is 1. The van der Waals surface area contributed by atoms with Crippen LogP contribution in [0.5, 0.6) is 0 Å². The minimum absolute atomic E-state index is 0.0340. The quantitative estimate of drug-likeness (QED) is 0.490. The molecule has 3 aromatic rings. The predicted octanol–water partition coefficient (Wildman–Crippen LogP) is 4.60. The van der Waals surface area contributed by atoms with Crippen molar-refractivity contribution in [1.29, 1.82) is 0 Å². The molecule has 0 fully saturated rings. The Labute approximate surface area is 195 Å². The highest BCUT2D eigenvalue weighted by Gasteiger charge is 2.26. The first kappa shape index (κ1) is 24.6. The fourth-order valence-corrected chi connectivity index (χ4v) is 5.12. The Balaban J connectivity index is 1.73. The predicted molar refractivity (Wildman–Crippen MR) is 127 cm³/mol. The van der Waals surface area contributed by atoms with E-state index >= 15 is 0 Å². The Bertz CT molecular complexity index is 1190. The van der Waals surface area contributed by atoms with Crippen molar-refractivity contribution < 1.29 is 17.6 Å². The second-order valence-electron chi connectivity index (χ2n) is 8.87. The number of hydrogen-bond acceptors (Lipinski definition) is 6. The van der Waals surface area contributed by atoms with Gasteiger partial charge in [-0.05, 0) is 55.2 Å². The van der Waals surface area contributed by atoms with Gasteiger partial charge in [-0.25, -0.2) is 8.42 Å². The van der Waals surface area contributed by atoms with E-state index in [-0.39, 0.29) is 28.3 Å². The molecule has 1 heterocycles. The number of anilines is 1. The van der Waals surface area contributed by atoms with Gasteiger partial charge in [-0.15, -0.1) is 5.10 Å². The van der Waals surface area contributed by atoms with Gasteiger partial charge in [0, 0.05) is 24.2 Å². The van der Waals surface area contributed by atoms with Gasteiger partial charge in [0.2, 0.25) is 15.9 Å². The van der Waals surface area contributed by atoms with Crippen LogP contribution in [-0.4, -0.2) is 41.9 Å². The maximum atomic E-state index is 13.1. The van der Waals surface area contributed by atoms with Crippen LogP contribution >= 0.6 is 0 Å². The molecule has 2 aromatic carbocycles. The van der Waals surface area contributed by atoms with Gasteiger partial charge >= 0.3 is 6.01 Å². The SMILES string of the molecule is Cc1cccc(-c2nnc(NC(=O)c3ccc(S(=O)(=O)N(CC(C)C)CC(C)C)cc3)o2)c1. The summed E-state index contributed by atoms with van der Waals surface area (Å²) in [4.78, 5) is 12.8. The minimum atomic E-state index is -3.66. The first-order chi connectivity index (χ1) is 15.6. The second kappa shape index (κ2) is 10.3. The molecule has 33 heavy (non-hydrogen) atoms.